The van der Waals surface area contributed by atoms with E-state index in [-0.39, 0.29) is 5.82 Å². The SMILES string of the molecule is Cc1cnc(SCc2nccc(SC3CCN(c4ccc(F)cc4)CC3)c2C)[nH]1. The van der Waals surface area contributed by atoms with Crippen molar-refractivity contribution < 1.29 is 4.39 Å². The van der Waals surface area contributed by atoms with Crippen LogP contribution in [0, 0.1) is 19.7 Å². The number of nitrogens with one attached hydrogen (secondary N) is 1. The van der Waals surface area contributed by atoms with E-state index in [0.29, 0.717) is 5.25 Å². The quantitative estimate of drug-likeness (QED) is 0.517. The molecule has 3 heterocycles. The summed E-state index contributed by atoms with van der Waals surface area (Å²) in [5.74, 6) is 0.638. The minimum absolute atomic E-state index is 0.177. The van der Waals surface area contributed by atoms with E-state index in [9.17, 15) is 4.39 Å². The number of thioether (sulfide) groups is 2. The van der Waals surface area contributed by atoms with Crippen molar-refractivity contribution in [3.63, 3.8) is 0 Å². The molecule has 4 nitrogen and oxygen atoms in total. The van der Waals surface area contributed by atoms with Gasteiger partial charge in [0, 0.05) is 52.8 Å². The van der Waals surface area contributed by atoms with Crippen LogP contribution in [0.1, 0.15) is 29.8 Å². The molecule has 1 aromatic carbocycles. The van der Waals surface area contributed by atoms with Gasteiger partial charge in [0.15, 0.2) is 5.16 Å². The summed E-state index contributed by atoms with van der Waals surface area (Å²) >= 11 is 3.66. The van der Waals surface area contributed by atoms with E-state index in [1.54, 1.807) is 23.9 Å². The van der Waals surface area contributed by atoms with E-state index in [0.717, 1.165) is 53.9 Å². The lowest BCUT2D eigenvalue weighted by molar-refractivity contribution is 0.589. The van der Waals surface area contributed by atoms with Crippen LogP contribution < -0.4 is 4.90 Å². The Bertz CT molecular complexity index is 950. The van der Waals surface area contributed by atoms with E-state index in [4.69, 9.17) is 0 Å². The van der Waals surface area contributed by atoms with Gasteiger partial charge in [0.2, 0.25) is 0 Å². The number of nitrogens with zero attached hydrogens (tertiary/aromatic N) is 3. The summed E-state index contributed by atoms with van der Waals surface area (Å²) in [6.45, 7) is 6.20. The zero-order valence-corrected chi connectivity index (χ0v) is 18.3. The maximum absolute atomic E-state index is 13.1. The fraction of sp³-hybridized carbons (Fsp3) is 0.364. The molecule has 0 radical (unpaired) electrons. The second-order valence-corrected chi connectivity index (χ2v) is 9.63. The van der Waals surface area contributed by atoms with Crippen molar-refractivity contribution in [2.45, 2.75) is 47.7 Å². The predicted molar refractivity (Wildman–Crippen MR) is 119 cm³/mol. The van der Waals surface area contributed by atoms with Gasteiger partial charge in [-0.15, -0.1) is 11.8 Å². The van der Waals surface area contributed by atoms with Crippen LogP contribution in [-0.4, -0.2) is 33.3 Å². The van der Waals surface area contributed by atoms with E-state index in [1.165, 1.54) is 10.5 Å². The largest absolute Gasteiger partial charge is 0.371 e. The van der Waals surface area contributed by atoms with Crippen LogP contribution in [0.5, 0.6) is 0 Å². The van der Waals surface area contributed by atoms with Crippen LogP contribution in [0.4, 0.5) is 10.1 Å². The number of halogens is 1. The van der Waals surface area contributed by atoms with Crippen molar-refractivity contribution >= 4 is 29.2 Å². The molecule has 29 heavy (non-hydrogen) atoms. The zero-order valence-electron chi connectivity index (χ0n) is 16.7. The van der Waals surface area contributed by atoms with Crippen molar-refractivity contribution in [1.82, 2.24) is 15.0 Å². The van der Waals surface area contributed by atoms with Gasteiger partial charge >= 0.3 is 0 Å². The monoisotopic (exact) mass is 428 g/mol. The number of benzene rings is 1. The Hall–Kier alpha value is -1.99. The van der Waals surface area contributed by atoms with Gasteiger partial charge in [-0.25, -0.2) is 9.37 Å². The van der Waals surface area contributed by atoms with Crippen LogP contribution in [-0.2, 0) is 5.75 Å². The van der Waals surface area contributed by atoms with Crippen molar-refractivity contribution in [2.75, 3.05) is 18.0 Å². The molecule has 1 aliphatic rings. The van der Waals surface area contributed by atoms with Gasteiger partial charge in [0.05, 0.1) is 5.69 Å². The number of hydrogen-bond acceptors (Lipinski definition) is 5. The maximum atomic E-state index is 13.1. The molecule has 1 N–H and O–H groups in total. The molecule has 0 spiro atoms. The summed E-state index contributed by atoms with van der Waals surface area (Å²) in [7, 11) is 0. The number of anilines is 1. The summed E-state index contributed by atoms with van der Waals surface area (Å²) in [6, 6.07) is 8.97. The lowest BCUT2D eigenvalue weighted by Crippen LogP contribution is -2.34. The molecule has 4 rings (SSSR count). The topological polar surface area (TPSA) is 44.8 Å². The molecular weight excluding hydrogens is 403 g/mol. The lowest BCUT2D eigenvalue weighted by Gasteiger charge is -2.33. The average Bonchev–Trinajstić information content (AvgIpc) is 3.15. The number of pyridine rings is 1. The minimum atomic E-state index is -0.177. The van der Waals surface area contributed by atoms with Crippen LogP contribution in [0.2, 0.25) is 0 Å². The van der Waals surface area contributed by atoms with Gasteiger partial charge < -0.3 is 9.88 Å². The molecule has 1 aliphatic heterocycles. The van der Waals surface area contributed by atoms with Crippen LogP contribution in [0.15, 0.2) is 52.8 Å². The van der Waals surface area contributed by atoms with E-state index in [2.05, 4.69) is 32.8 Å². The van der Waals surface area contributed by atoms with Crippen LogP contribution in [0.25, 0.3) is 0 Å². The Labute approximate surface area is 179 Å². The molecule has 0 amide bonds. The molecule has 1 saturated heterocycles. The first kappa shape index (κ1) is 20.3. The molecule has 0 atom stereocenters. The number of imidazole rings is 1. The van der Waals surface area contributed by atoms with E-state index >= 15 is 0 Å². The molecule has 0 unspecified atom stereocenters. The van der Waals surface area contributed by atoms with E-state index in [1.807, 2.05) is 43.2 Å². The third kappa shape index (κ3) is 5.14. The van der Waals surface area contributed by atoms with Crippen LogP contribution >= 0.6 is 23.5 Å². The second-order valence-electron chi connectivity index (χ2n) is 7.32. The summed E-state index contributed by atoms with van der Waals surface area (Å²) in [4.78, 5) is 15.9. The van der Waals surface area contributed by atoms with Crippen LogP contribution in [0.3, 0.4) is 0 Å². The Morgan fingerprint density at radius 1 is 1.10 bits per heavy atom. The number of aromatic amines is 1. The van der Waals surface area contributed by atoms with Gasteiger partial charge in [0.1, 0.15) is 5.82 Å². The molecule has 152 valence electrons. The first-order valence-electron chi connectivity index (χ1n) is 9.84. The Morgan fingerprint density at radius 3 is 2.55 bits per heavy atom. The van der Waals surface area contributed by atoms with Gasteiger partial charge in [0.25, 0.3) is 0 Å². The first-order valence-corrected chi connectivity index (χ1v) is 11.7. The van der Waals surface area contributed by atoms with Crippen molar-refractivity contribution in [3.05, 3.63) is 65.5 Å². The van der Waals surface area contributed by atoms with Crippen molar-refractivity contribution in [3.8, 4) is 0 Å². The number of aryl methyl sites for hydroxylation is 1. The minimum Gasteiger partial charge on any atom is -0.371 e. The fourth-order valence-corrected chi connectivity index (χ4v) is 5.66. The zero-order chi connectivity index (χ0) is 20.2. The smallest absolute Gasteiger partial charge is 0.165 e. The molecule has 2 aromatic heterocycles. The molecule has 3 aromatic rings. The number of rotatable bonds is 6. The molecule has 1 fully saturated rings. The van der Waals surface area contributed by atoms with Crippen molar-refractivity contribution in [1.29, 1.82) is 0 Å². The summed E-state index contributed by atoms with van der Waals surface area (Å²) in [6.07, 6.45) is 6.03. The molecule has 0 bridgehead atoms. The van der Waals surface area contributed by atoms with E-state index < -0.39 is 0 Å². The molecule has 7 heteroatoms. The third-order valence-corrected chi connectivity index (χ3v) is 7.61. The van der Waals surface area contributed by atoms with Gasteiger partial charge in [-0.1, -0.05) is 11.8 Å². The number of H-pyrrole nitrogens is 1. The highest BCUT2D eigenvalue weighted by molar-refractivity contribution is 8.00. The Balaban J connectivity index is 1.34. The molecule has 0 aliphatic carbocycles. The average molecular weight is 429 g/mol. The first-order chi connectivity index (χ1) is 14.1. The standard InChI is InChI=1S/C22H25FN4S2/c1-15-13-25-22(26-15)28-14-20-16(2)21(7-10-24-20)29-19-8-11-27(12-9-19)18-5-3-17(23)4-6-18/h3-7,10,13,19H,8-9,11-12,14H2,1-2H3,(H,25,26). The Kier molecular flexibility index (Phi) is 6.45. The maximum Gasteiger partial charge on any atom is 0.165 e. The second kappa shape index (κ2) is 9.22. The lowest BCUT2D eigenvalue weighted by atomic mass is 10.1. The van der Waals surface area contributed by atoms with Gasteiger partial charge in [-0.2, -0.15) is 0 Å². The number of aromatic nitrogens is 3. The van der Waals surface area contributed by atoms with Crippen molar-refractivity contribution in [2.24, 2.45) is 0 Å². The van der Waals surface area contributed by atoms with Gasteiger partial charge in [-0.3, -0.25) is 4.98 Å². The Morgan fingerprint density at radius 2 is 1.86 bits per heavy atom. The normalized spacial score (nSPS) is 15.1. The highest BCUT2D eigenvalue weighted by Gasteiger charge is 2.21. The summed E-state index contributed by atoms with van der Waals surface area (Å²) in [5, 5.41) is 1.54. The number of hydrogen-bond donors (Lipinski definition) is 1. The third-order valence-electron chi connectivity index (χ3n) is 5.21. The fourth-order valence-electron chi connectivity index (χ4n) is 3.49. The van der Waals surface area contributed by atoms with Gasteiger partial charge in [-0.05, 0) is 62.6 Å². The number of piperidine rings is 1. The summed E-state index contributed by atoms with van der Waals surface area (Å²) < 4.78 is 13.1. The molecular formula is C22H25FN4S2. The highest BCUT2D eigenvalue weighted by Crippen LogP contribution is 2.35. The molecule has 0 saturated carbocycles. The highest BCUT2D eigenvalue weighted by atomic mass is 32.2. The summed E-state index contributed by atoms with van der Waals surface area (Å²) in [5.41, 5.74) is 4.59. The predicted octanol–water partition coefficient (Wildman–Crippen LogP) is 5.61.